The average molecular weight is 686 g/mol. The molecule has 2 aliphatic heterocycles. The van der Waals surface area contributed by atoms with Gasteiger partial charge in [-0.15, -0.1) is 0 Å². The second-order valence-electron chi connectivity index (χ2n) is 15.9. The van der Waals surface area contributed by atoms with Gasteiger partial charge < -0.3 is 9.47 Å². The molecular weight excluding hydrogens is 635 g/mol. The second kappa shape index (κ2) is 13.0. The van der Waals surface area contributed by atoms with Crippen LogP contribution in [0, 0.1) is 38.5 Å². The van der Waals surface area contributed by atoms with Crippen LogP contribution < -0.4 is 0 Å². The molecule has 2 aliphatic rings. The second-order valence-corrected chi connectivity index (χ2v) is 15.9. The van der Waals surface area contributed by atoms with Gasteiger partial charge in [-0.2, -0.15) is 0 Å². The van der Waals surface area contributed by atoms with Crippen molar-refractivity contribution in [3.8, 4) is 0 Å². The van der Waals surface area contributed by atoms with Gasteiger partial charge in [-0.3, -0.25) is 0 Å². The summed E-state index contributed by atoms with van der Waals surface area (Å²) in [6, 6.07) is 34.6. The molecule has 0 amide bonds. The van der Waals surface area contributed by atoms with Crippen molar-refractivity contribution in [2.75, 3.05) is 0 Å². The Kier molecular flexibility index (Phi) is 9.63. The van der Waals surface area contributed by atoms with Gasteiger partial charge in [-0.1, -0.05) is 161 Å². The normalized spacial score (nSPS) is 19.9. The summed E-state index contributed by atoms with van der Waals surface area (Å²) in [5, 5.41) is 0. The number of aryl methyl sites for hydroxylation is 4. The van der Waals surface area contributed by atoms with Gasteiger partial charge in [0.15, 0.2) is 23.0 Å². The van der Waals surface area contributed by atoms with Gasteiger partial charge in [0.1, 0.15) is 12.1 Å². The first-order valence-electron chi connectivity index (χ1n) is 16.9. The Hall–Kier alpha value is -3.69. The molecule has 0 radical (unpaired) electrons. The van der Waals surface area contributed by atoms with E-state index in [9.17, 15) is 0 Å². The van der Waals surface area contributed by atoms with Gasteiger partial charge in [0, 0.05) is 38.7 Å². The number of hydrogen-bond acceptors (Lipinski definition) is 4. The van der Waals surface area contributed by atoms with Crippen LogP contribution in [0.4, 0.5) is 0 Å². The zero-order valence-electron chi connectivity index (χ0n) is 30.1. The molecule has 0 fully saturated rings. The third-order valence-electron chi connectivity index (χ3n) is 9.74. The van der Waals surface area contributed by atoms with Crippen LogP contribution in [0.25, 0.3) is 0 Å². The van der Waals surface area contributed by atoms with Crippen LogP contribution in [0.2, 0.25) is 0 Å². The first kappa shape index (κ1) is 35.6. The SMILES string of the molecule is Cc1ccc(C2(c3ccc(C)cc3)OC(CC3=N[C@H](C(C)(C)C)C(c4ccc(C)cc4)(c4ccc(C)cc4)O3)=N[C@@H]2C(C)(C)C)cc1.[Ni]. The van der Waals surface area contributed by atoms with Gasteiger partial charge in [0.05, 0.1) is 6.42 Å². The molecule has 0 N–H and O–H groups in total. The molecule has 6 rings (SSSR count). The molecule has 254 valence electrons. The molecule has 5 heteroatoms. The zero-order valence-corrected chi connectivity index (χ0v) is 31.1. The minimum atomic E-state index is -0.789. The molecule has 2 heterocycles. The molecule has 4 nitrogen and oxygen atoms in total. The summed E-state index contributed by atoms with van der Waals surface area (Å²) in [7, 11) is 0. The molecule has 0 aromatic heterocycles. The van der Waals surface area contributed by atoms with E-state index in [2.05, 4.69) is 166 Å². The Morgan fingerprint density at radius 3 is 0.896 bits per heavy atom. The van der Waals surface area contributed by atoms with E-state index in [0.29, 0.717) is 18.2 Å². The number of aliphatic imine (C=N–C) groups is 2. The van der Waals surface area contributed by atoms with Crippen molar-refractivity contribution in [1.82, 2.24) is 0 Å². The fourth-order valence-electron chi connectivity index (χ4n) is 7.31. The Balaban J connectivity index is 0.00000451. The molecule has 4 aromatic carbocycles. The zero-order chi connectivity index (χ0) is 33.8. The maximum Gasteiger partial charge on any atom is 0.194 e. The predicted molar refractivity (Wildman–Crippen MR) is 194 cm³/mol. The monoisotopic (exact) mass is 684 g/mol. The number of ether oxygens (including phenoxy) is 2. The van der Waals surface area contributed by atoms with Crippen molar-refractivity contribution < 1.29 is 26.0 Å². The summed E-state index contributed by atoms with van der Waals surface area (Å²) in [6.45, 7) is 22.0. The molecule has 0 saturated carbocycles. The molecule has 48 heavy (non-hydrogen) atoms. The van der Waals surface area contributed by atoms with Crippen LogP contribution in [0.3, 0.4) is 0 Å². The van der Waals surface area contributed by atoms with Crippen LogP contribution >= 0.6 is 0 Å². The van der Waals surface area contributed by atoms with E-state index in [1.807, 2.05) is 0 Å². The van der Waals surface area contributed by atoms with Gasteiger partial charge in [0.25, 0.3) is 0 Å². The average Bonchev–Trinajstić information content (AvgIpc) is 3.60. The number of nitrogens with zero attached hydrogens (tertiary/aromatic N) is 2. The third kappa shape index (κ3) is 6.39. The van der Waals surface area contributed by atoms with Gasteiger partial charge >= 0.3 is 0 Å². The van der Waals surface area contributed by atoms with Crippen molar-refractivity contribution >= 4 is 11.8 Å². The van der Waals surface area contributed by atoms with E-state index in [4.69, 9.17) is 19.5 Å². The number of hydrogen-bond donors (Lipinski definition) is 0. The number of benzene rings is 4. The summed E-state index contributed by atoms with van der Waals surface area (Å²) in [6.07, 6.45) is 0.373. The van der Waals surface area contributed by atoms with Crippen LogP contribution in [0.1, 0.15) is 92.5 Å². The molecule has 0 aliphatic carbocycles. The largest absolute Gasteiger partial charge is 0.462 e. The van der Waals surface area contributed by atoms with Crippen LogP contribution in [-0.4, -0.2) is 23.9 Å². The molecule has 0 spiro atoms. The predicted octanol–water partition coefficient (Wildman–Crippen LogP) is 10.2. The van der Waals surface area contributed by atoms with Crippen LogP contribution in [-0.2, 0) is 37.2 Å². The minimum absolute atomic E-state index is 0. The van der Waals surface area contributed by atoms with Crippen molar-refractivity contribution in [2.45, 2.75) is 98.9 Å². The first-order valence-corrected chi connectivity index (χ1v) is 16.9. The van der Waals surface area contributed by atoms with E-state index in [-0.39, 0.29) is 39.4 Å². The smallest absolute Gasteiger partial charge is 0.194 e. The molecule has 0 saturated heterocycles. The Labute approximate surface area is 298 Å². The van der Waals surface area contributed by atoms with E-state index in [1.165, 1.54) is 22.3 Å². The molecular formula is C43H50N2NiO2. The van der Waals surface area contributed by atoms with Crippen molar-refractivity contribution in [3.05, 3.63) is 142 Å². The van der Waals surface area contributed by atoms with Gasteiger partial charge in [0.2, 0.25) is 0 Å². The van der Waals surface area contributed by atoms with Crippen LogP contribution in [0.5, 0.6) is 0 Å². The van der Waals surface area contributed by atoms with Crippen molar-refractivity contribution in [2.24, 2.45) is 20.8 Å². The Morgan fingerprint density at radius 1 is 0.458 bits per heavy atom. The van der Waals surface area contributed by atoms with Gasteiger partial charge in [-0.25, -0.2) is 9.98 Å². The minimum Gasteiger partial charge on any atom is -0.462 e. The van der Waals surface area contributed by atoms with Gasteiger partial charge in [-0.05, 0) is 38.5 Å². The number of rotatable bonds is 6. The van der Waals surface area contributed by atoms with E-state index >= 15 is 0 Å². The standard InChI is InChI=1S/C43H50N2O2.Ni/c1-28-11-19-32(20-12-28)42(33-21-13-29(2)14-22-33)38(40(5,6)7)44-36(46-42)27-37-45-39(41(8,9)10)43(47-37,34-23-15-30(3)16-24-34)35-25-17-31(4)18-26-35;/h11-26,38-39H,27H2,1-10H3;/t38-,39-;/m1./s1. The molecule has 2 atom stereocenters. The Bertz CT molecular complexity index is 1560. The quantitative estimate of drug-likeness (QED) is 0.190. The Morgan fingerprint density at radius 2 is 0.688 bits per heavy atom. The maximum atomic E-state index is 7.22. The third-order valence-corrected chi connectivity index (χ3v) is 9.74. The van der Waals surface area contributed by atoms with Crippen LogP contribution in [0.15, 0.2) is 107 Å². The fourth-order valence-corrected chi connectivity index (χ4v) is 7.31. The van der Waals surface area contributed by atoms with Crippen molar-refractivity contribution in [3.63, 3.8) is 0 Å². The maximum absolute atomic E-state index is 7.22. The summed E-state index contributed by atoms with van der Waals surface area (Å²) >= 11 is 0. The molecule has 0 unspecified atom stereocenters. The summed E-state index contributed by atoms with van der Waals surface area (Å²) in [4.78, 5) is 10.8. The van der Waals surface area contributed by atoms with Crippen molar-refractivity contribution in [1.29, 1.82) is 0 Å². The molecule has 0 bridgehead atoms. The first-order chi connectivity index (χ1) is 22.1. The summed E-state index contributed by atoms with van der Waals surface area (Å²) < 4.78 is 14.4. The topological polar surface area (TPSA) is 43.2 Å². The van der Waals surface area contributed by atoms with E-state index in [1.54, 1.807) is 0 Å². The fraction of sp³-hybridized carbons (Fsp3) is 0.395. The van der Waals surface area contributed by atoms with E-state index in [0.717, 1.165) is 22.3 Å². The summed E-state index contributed by atoms with van der Waals surface area (Å²) in [5.74, 6) is 1.31. The summed E-state index contributed by atoms with van der Waals surface area (Å²) in [5.41, 5.74) is 7.27. The molecule has 4 aromatic rings. The van der Waals surface area contributed by atoms with E-state index < -0.39 is 11.2 Å².